The minimum absolute atomic E-state index is 0.00439. The second-order valence-electron chi connectivity index (χ2n) is 6.68. The van der Waals surface area contributed by atoms with Crippen molar-refractivity contribution in [2.75, 3.05) is 5.32 Å². The normalized spacial score (nSPS) is 10.8. The van der Waals surface area contributed by atoms with E-state index in [0.29, 0.717) is 23.8 Å². The molecule has 3 rings (SSSR count). The largest absolute Gasteiger partial charge is 0.312 e. The molecule has 9 heteroatoms. The van der Waals surface area contributed by atoms with Crippen molar-refractivity contribution in [3.05, 3.63) is 69.2 Å². The number of anilines is 1. The van der Waals surface area contributed by atoms with Crippen LogP contribution in [0.2, 0.25) is 0 Å². The summed E-state index contributed by atoms with van der Waals surface area (Å²) in [7, 11) is 0. The lowest BCUT2D eigenvalue weighted by Gasteiger charge is -2.05. The van der Waals surface area contributed by atoms with Crippen molar-refractivity contribution in [1.29, 1.82) is 0 Å². The van der Waals surface area contributed by atoms with E-state index in [1.807, 2.05) is 31.2 Å². The molecule has 146 valence electrons. The number of nitro groups is 1. The Morgan fingerprint density at radius 2 is 1.86 bits per heavy atom. The number of carbonyl (C=O) groups excluding carboxylic acids is 1. The lowest BCUT2D eigenvalue weighted by atomic mass is 10.1. The molecule has 9 nitrogen and oxygen atoms in total. The van der Waals surface area contributed by atoms with Gasteiger partial charge in [-0.25, -0.2) is 0 Å². The van der Waals surface area contributed by atoms with Gasteiger partial charge in [0.05, 0.1) is 18.0 Å². The highest BCUT2D eigenvalue weighted by Crippen LogP contribution is 2.21. The molecule has 0 bridgehead atoms. The number of carbonyl (C=O) groups is 1. The van der Waals surface area contributed by atoms with Crippen LogP contribution in [0, 0.1) is 30.9 Å². The highest BCUT2D eigenvalue weighted by molar-refractivity contribution is 5.89. The standard InChI is InChI=1S/C19H22N6O3/c1-13-4-6-16(7-5-13)12-23-10-8-17(22-23)20-18(26)9-11-24-15(3)19(25(27)28)14(2)21-24/h4-8,10H,9,11-12H2,1-3H3,(H,20,22,26). The number of rotatable bonds is 7. The first-order chi connectivity index (χ1) is 13.3. The summed E-state index contributed by atoms with van der Waals surface area (Å²) in [5.41, 5.74) is 3.11. The van der Waals surface area contributed by atoms with Crippen LogP contribution in [0.1, 0.15) is 28.9 Å². The third-order valence-electron chi connectivity index (χ3n) is 4.45. The van der Waals surface area contributed by atoms with Gasteiger partial charge in [0.1, 0.15) is 11.4 Å². The average Bonchev–Trinajstić information content (AvgIpc) is 3.18. The van der Waals surface area contributed by atoms with Gasteiger partial charge in [-0.05, 0) is 26.3 Å². The van der Waals surface area contributed by atoms with Crippen LogP contribution in [0.25, 0.3) is 0 Å². The Morgan fingerprint density at radius 1 is 1.14 bits per heavy atom. The molecular weight excluding hydrogens is 360 g/mol. The summed E-state index contributed by atoms with van der Waals surface area (Å²) in [5.74, 6) is 0.243. The summed E-state index contributed by atoms with van der Waals surface area (Å²) >= 11 is 0. The molecule has 1 amide bonds. The van der Waals surface area contributed by atoms with Crippen LogP contribution < -0.4 is 5.32 Å². The number of aryl methyl sites for hydroxylation is 3. The Hall–Kier alpha value is -3.49. The van der Waals surface area contributed by atoms with Gasteiger partial charge >= 0.3 is 5.69 Å². The third kappa shape index (κ3) is 4.43. The zero-order chi connectivity index (χ0) is 20.3. The van der Waals surface area contributed by atoms with Gasteiger partial charge in [0.2, 0.25) is 5.91 Å². The van der Waals surface area contributed by atoms with Crippen molar-refractivity contribution in [3.8, 4) is 0 Å². The van der Waals surface area contributed by atoms with E-state index >= 15 is 0 Å². The Balaban J connectivity index is 1.56. The zero-order valence-electron chi connectivity index (χ0n) is 16.0. The molecule has 1 N–H and O–H groups in total. The SMILES string of the molecule is Cc1ccc(Cn2ccc(NC(=O)CCn3nc(C)c([N+](=O)[O-])c3C)n2)cc1. The van der Waals surface area contributed by atoms with Gasteiger partial charge in [0, 0.05) is 18.7 Å². The topological polar surface area (TPSA) is 108 Å². The molecule has 0 unspecified atom stereocenters. The molecule has 0 fully saturated rings. The van der Waals surface area contributed by atoms with Crippen molar-refractivity contribution in [2.24, 2.45) is 0 Å². The van der Waals surface area contributed by atoms with Crippen LogP contribution in [0.15, 0.2) is 36.5 Å². The maximum Gasteiger partial charge on any atom is 0.312 e. The first-order valence-electron chi connectivity index (χ1n) is 8.90. The minimum atomic E-state index is -0.449. The number of benzene rings is 1. The maximum absolute atomic E-state index is 12.2. The summed E-state index contributed by atoms with van der Waals surface area (Å²) in [6.45, 7) is 6.13. The van der Waals surface area contributed by atoms with Gasteiger partial charge in [-0.1, -0.05) is 29.8 Å². The summed E-state index contributed by atoms with van der Waals surface area (Å²) in [4.78, 5) is 22.8. The third-order valence-corrected chi connectivity index (χ3v) is 4.45. The molecule has 0 aliphatic rings. The van der Waals surface area contributed by atoms with E-state index < -0.39 is 4.92 Å². The number of hydrogen-bond donors (Lipinski definition) is 1. The minimum Gasteiger partial charge on any atom is -0.309 e. The smallest absolute Gasteiger partial charge is 0.309 e. The van der Waals surface area contributed by atoms with Crippen molar-refractivity contribution >= 4 is 17.4 Å². The number of nitrogens with one attached hydrogen (secondary N) is 1. The van der Waals surface area contributed by atoms with Crippen molar-refractivity contribution in [3.63, 3.8) is 0 Å². The highest BCUT2D eigenvalue weighted by Gasteiger charge is 2.21. The number of hydrogen-bond acceptors (Lipinski definition) is 5. The molecular formula is C19H22N6O3. The van der Waals surface area contributed by atoms with Gasteiger partial charge in [0.15, 0.2) is 5.82 Å². The molecule has 0 saturated heterocycles. The maximum atomic E-state index is 12.2. The first kappa shape index (κ1) is 19.3. The van der Waals surface area contributed by atoms with Gasteiger partial charge in [-0.3, -0.25) is 24.3 Å². The van der Waals surface area contributed by atoms with E-state index in [9.17, 15) is 14.9 Å². The van der Waals surface area contributed by atoms with Crippen LogP contribution in [-0.4, -0.2) is 30.4 Å². The Labute approximate surface area is 162 Å². The molecule has 3 aromatic rings. The van der Waals surface area contributed by atoms with E-state index in [1.54, 1.807) is 30.8 Å². The van der Waals surface area contributed by atoms with E-state index in [-0.39, 0.29) is 24.6 Å². The predicted octanol–water partition coefficient (Wildman–Crippen LogP) is 2.99. The van der Waals surface area contributed by atoms with E-state index in [4.69, 9.17) is 0 Å². The summed E-state index contributed by atoms with van der Waals surface area (Å²) in [6.07, 6.45) is 1.95. The number of nitrogens with zero attached hydrogens (tertiary/aromatic N) is 5. The molecule has 0 aliphatic heterocycles. The quantitative estimate of drug-likeness (QED) is 0.499. The Kier molecular flexibility index (Phi) is 5.53. The van der Waals surface area contributed by atoms with E-state index in [2.05, 4.69) is 15.5 Å². The summed E-state index contributed by atoms with van der Waals surface area (Å²) in [5, 5.41) is 22.3. The molecule has 2 aromatic heterocycles. The van der Waals surface area contributed by atoms with Crippen molar-refractivity contribution in [2.45, 2.75) is 40.3 Å². The van der Waals surface area contributed by atoms with Gasteiger partial charge in [-0.2, -0.15) is 10.2 Å². The fourth-order valence-corrected chi connectivity index (χ4v) is 2.98. The molecule has 28 heavy (non-hydrogen) atoms. The van der Waals surface area contributed by atoms with E-state index in [0.717, 1.165) is 5.56 Å². The van der Waals surface area contributed by atoms with Crippen LogP contribution in [0.4, 0.5) is 11.5 Å². The molecule has 0 saturated carbocycles. The average molecular weight is 382 g/mol. The van der Waals surface area contributed by atoms with E-state index in [1.165, 1.54) is 10.2 Å². The lowest BCUT2D eigenvalue weighted by Crippen LogP contribution is -2.16. The number of aromatic nitrogens is 4. The van der Waals surface area contributed by atoms with Gasteiger partial charge < -0.3 is 5.32 Å². The van der Waals surface area contributed by atoms with Crippen molar-refractivity contribution < 1.29 is 9.72 Å². The molecule has 0 spiro atoms. The first-order valence-corrected chi connectivity index (χ1v) is 8.90. The molecule has 0 aliphatic carbocycles. The molecule has 1 aromatic carbocycles. The lowest BCUT2D eigenvalue weighted by molar-refractivity contribution is -0.386. The van der Waals surface area contributed by atoms with Crippen LogP contribution >= 0.6 is 0 Å². The fourth-order valence-electron chi connectivity index (χ4n) is 2.98. The second kappa shape index (κ2) is 8.03. The molecule has 0 radical (unpaired) electrons. The van der Waals surface area contributed by atoms with Gasteiger partial charge in [0.25, 0.3) is 0 Å². The van der Waals surface area contributed by atoms with Crippen LogP contribution in [-0.2, 0) is 17.9 Å². The van der Waals surface area contributed by atoms with Gasteiger partial charge in [-0.15, -0.1) is 0 Å². The summed E-state index contributed by atoms with van der Waals surface area (Å²) in [6, 6.07) is 9.92. The number of amides is 1. The fraction of sp³-hybridized carbons (Fsp3) is 0.316. The van der Waals surface area contributed by atoms with Crippen molar-refractivity contribution in [1.82, 2.24) is 19.6 Å². The second-order valence-corrected chi connectivity index (χ2v) is 6.68. The predicted molar refractivity (Wildman–Crippen MR) is 104 cm³/mol. The molecule has 0 atom stereocenters. The highest BCUT2D eigenvalue weighted by atomic mass is 16.6. The summed E-state index contributed by atoms with van der Waals surface area (Å²) < 4.78 is 3.24. The zero-order valence-corrected chi connectivity index (χ0v) is 16.0. The van der Waals surface area contributed by atoms with Crippen LogP contribution in [0.5, 0.6) is 0 Å². The molecule has 2 heterocycles. The van der Waals surface area contributed by atoms with Crippen LogP contribution in [0.3, 0.4) is 0 Å². The Morgan fingerprint density at radius 3 is 2.50 bits per heavy atom. The monoisotopic (exact) mass is 382 g/mol. The Bertz CT molecular complexity index is 1000.